The SMILES string of the molecule is COCC(C)NS(=O)(=O)N1CCCC(C)C1. The third-order valence-corrected chi connectivity index (χ3v) is 4.44. The van der Waals surface area contributed by atoms with E-state index in [1.54, 1.807) is 14.0 Å². The van der Waals surface area contributed by atoms with E-state index in [1.807, 2.05) is 0 Å². The Hall–Kier alpha value is -0.170. The second kappa shape index (κ2) is 5.95. The fourth-order valence-corrected chi connectivity index (χ4v) is 3.52. The van der Waals surface area contributed by atoms with Gasteiger partial charge in [-0.05, 0) is 25.7 Å². The monoisotopic (exact) mass is 250 g/mol. The van der Waals surface area contributed by atoms with Crippen molar-refractivity contribution >= 4 is 10.2 Å². The molecule has 1 fully saturated rings. The number of methoxy groups -OCH3 is 1. The molecule has 0 aromatic heterocycles. The molecule has 0 aromatic rings. The molecular formula is C10H22N2O3S. The van der Waals surface area contributed by atoms with E-state index in [1.165, 1.54) is 4.31 Å². The second-order valence-corrected chi connectivity index (χ2v) is 6.29. The van der Waals surface area contributed by atoms with Gasteiger partial charge in [-0.3, -0.25) is 0 Å². The van der Waals surface area contributed by atoms with Crippen LogP contribution >= 0.6 is 0 Å². The van der Waals surface area contributed by atoms with Crippen molar-refractivity contribution < 1.29 is 13.2 Å². The molecule has 96 valence electrons. The van der Waals surface area contributed by atoms with Crippen LogP contribution in [0.4, 0.5) is 0 Å². The summed E-state index contributed by atoms with van der Waals surface area (Å²) in [5.41, 5.74) is 0. The molecule has 16 heavy (non-hydrogen) atoms. The summed E-state index contributed by atoms with van der Waals surface area (Å²) in [4.78, 5) is 0. The van der Waals surface area contributed by atoms with Gasteiger partial charge in [-0.2, -0.15) is 17.4 Å². The smallest absolute Gasteiger partial charge is 0.279 e. The third kappa shape index (κ3) is 4.01. The fourth-order valence-electron chi connectivity index (χ4n) is 1.98. The Morgan fingerprint density at radius 1 is 1.56 bits per heavy atom. The minimum Gasteiger partial charge on any atom is -0.383 e. The van der Waals surface area contributed by atoms with Crippen LogP contribution < -0.4 is 4.72 Å². The number of ether oxygens (including phenoxy) is 1. The van der Waals surface area contributed by atoms with Crippen LogP contribution in [0.15, 0.2) is 0 Å². The first-order chi connectivity index (χ1) is 7.45. The summed E-state index contributed by atoms with van der Waals surface area (Å²) in [6, 6.07) is -0.188. The van der Waals surface area contributed by atoms with Crippen molar-refractivity contribution in [1.29, 1.82) is 0 Å². The topological polar surface area (TPSA) is 58.6 Å². The average Bonchev–Trinajstić information content (AvgIpc) is 2.17. The van der Waals surface area contributed by atoms with E-state index in [-0.39, 0.29) is 6.04 Å². The minimum atomic E-state index is -3.33. The Bertz CT molecular complexity index is 305. The molecule has 1 rings (SSSR count). The van der Waals surface area contributed by atoms with Crippen molar-refractivity contribution in [2.75, 3.05) is 26.8 Å². The van der Waals surface area contributed by atoms with Gasteiger partial charge < -0.3 is 4.74 Å². The van der Waals surface area contributed by atoms with E-state index >= 15 is 0 Å². The van der Waals surface area contributed by atoms with Crippen LogP contribution in [0.2, 0.25) is 0 Å². The highest BCUT2D eigenvalue weighted by Gasteiger charge is 2.27. The first-order valence-corrected chi connectivity index (χ1v) is 7.16. The molecule has 1 N–H and O–H groups in total. The summed E-state index contributed by atoms with van der Waals surface area (Å²) in [6.45, 7) is 5.52. The Labute approximate surface area is 98.3 Å². The predicted molar refractivity (Wildman–Crippen MR) is 63.4 cm³/mol. The first kappa shape index (κ1) is 13.9. The zero-order valence-corrected chi connectivity index (χ0v) is 11.1. The van der Waals surface area contributed by atoms with Crippen molar-refractivity contribution in [3.63, 3.8) is 0 Å². The largest absolute Gasteiger partial charge is 0.383 e. The number of nitrogens with zero attached hydrogens (tertiary/aromatic N) is 1. The number of nitrogens with one attached hydrogen (secondary N) is 1. The van der Waals surface area contributed by atoms with Gasteiger partial charge in [-0.25, -0.2) is 0 Å². The number of hydrogen-bond donors (Lipinski definition) is 1. The molecule has 1 saturated heterocycles. The summed E-state index contributed by atoms with van der Waals surface area (Å²) in [6.07, 6.45) is 2.06. The van der Waals surface area contributed by atoms with E-state index in [0.717, 1.165) is 12.8 Å². The van der Waals surface area contributed by atoms with Gasteiger partial charge in [0.05, 0.1) is 6.61 Å². The lowest BCUT2D eigenvalue weighted by molar-refractivity contribution is 0.178. The highest BCUT2D eigenvalue weighted by Crippen LogP contribution is 2.17. The van der Waals surface area contributed by atoms with Crippen LogP contribution in [0.3, 0.4) is 0 Å². The molecule has 1 aliphatic rings. The van der Waals surface area contributed by atoms with Crippen LogP contribution in [0.1, 0.15) is 26.7 Å². The highest BCUT2D eigenvalue weighted by atomic mass is 32.2. The van der Waals surface area contributed by atoms with Gasteiger partial charge in [0.2, 0.25) is 0 Å². The third-order valence-electron chi connectivity index (χ3n) is 2.73. The van der Waals surface area contributed by atoms with Crippen molar-refractivity contribution in [2.45, 2.75) is 32.7 Å². The van der Waals surface area contributed by atoms with Crippen LogP contribution in [0.5, 0.6) is 0 Å². The van der Waals surface area contributed by atoms with Gasteiger partial charge in [-0.15, -0.1) is 0 Å². The molecule has 0 bridgehead atoms. The van der Waals surface area contributed by atoms with Crippen molar-refractivity contribution in [3.8, 4) is 0 Å². The van der Waals surface area contributed by atoms with Gasteiger partial charge in [0.25, 0.3) is 10.2 Å². The molecule has 2 atom stereocenters. The van der Waals surface area contributed by atoms with E-state index < -0.39 is 10.2 Å². The zero-order chi connectivity index (χ0) is 12.2. The van der Waals surface area contributed by atoms with E-state index in [4.69, 9.17) is 4.74 Å². The standard InChI is InChI=1S/C10H22N2O3S/c1-9-5-4-6-12(7-9)16(13,14)11-10(2)8-15-3/h9-11H,4-8H2,1-3H3. The maximum atomic E-state index is 12.0. The molecule has 0 spiro atoms. The Morgan fingerprint density at radius 2 is 2.25 bits per heavy atom. The lowest BCUT2D eigenvalue weighted by atomic mass is 10.0. The second-order valence-electron chi connectivity index (χ2n) is 4.58. The van der Waals surface area contributed by atoms with Crippen LogP contribution in [-0.4, -0.2) is 45.6 Å². The van der Waals surface area contributed by atoms with E-state index in [9.17, 15) is 8.42 Å². The van der Waals surface area contributed by atoms with Gasteiger partial charge >= 0.3 is 0 Å². The van der Waals surface area contributed by atoms with Crippen LogP contribution in [0, 0.1) is 5.92 Å². The van der Waals surface area contributed by atoms with Crippen molar-refractivity contribution in [3.05, 3.63) is 0 Å². The minimum absolute atomic E-state index is 0.188. The van der Waals surface area contributed by atoms with Gasteiger partial charge in [-0.1, -0.05) is 6.92 Å². The molecule has 1 aliphatic heterocycles. The number of hydrogen-bond acceptors (Lipinski definition) is 3. The van der Waals surface area contributed by atoms with Gasteiger partial charge in [0.1, 0.15) is 0 Å². The first-order valence-electron chi connectivity index (χ1n) is 5.72. The van der Waals surface area contributed by atoms with Crippen LogP contribution in [0.25, 0.3) is 0 Å². The Kier molecular flexibility index (Phi) is 5.17. The summed E-state index contributed by atoms with van der Waals surface area (Å²) in [7, 11) is -1.77. The summed E-state index contributed by atoms with van der Waals surface area (Å²) in [5.74, 6) is 0.447. The highest BCUT2D eigenvalue weighted by molar-refractivity contribution is 7.87. The summed E-state index contributed by atoms with van der Waals surface area (Å²) in [5, 5.41) is 0. The molecule has 0 aliphatic carbocycles. The normalized spacial score (nSPS) is 25.6. The van der Waals surface area contributed by atoms with Gasteiger partial charge in [0.15, 0.2) is 0 Å². The Morgan fingerprint density at radius 3 is 2.81 bits per heavy atom. The van der Waals surface area contributed by atoms with Crippen LogP contribution in [-0.2, 0) is 14.9 Å². The molecule has 0 amide bonds. The summed E-state index contributed by atoms with van der Waals surface area (Å²) < 4.78 is 33.0. The Balaban J connectivity index is 2.55. The lowest BCUT2D eigenvalue weighted by Gasteiger charge is -2.30. The molecular weight excluding hydrogens is 228 g/mol. The molecule has 0 radical (unpaired) electrons. The lowest BCUT2D eigenvalue weighted by Crippen LogP contribution is -2.49. The molecule has 1 heterocycles. The summed E-state index contributed by atoms with van der Waals surface area (Å²) >= 11 is 0. The molecule has 6 heteroatoms. The maximum absolute atomic E-state index is 12.0. The quantitative estimate of drug-likeness (QED) is 0.777. The van der Waals surface area contributed by atoms with Crippen molar-refractivity contribution in [1.82, 2.24) is 9.03 Å². The molecule has 2 unspecified atom stereocenters. The van der Waals surface area contributed by atoms with E-state index in [0.29, 0.717) is 25.6 Å². The number of rotatable bonds is 5. The molecule has 0 saturated carbocycles. The average molecular weight is 250 g/mol. The molecule has 0 aromatic carbocycles. The fraction of sp³-hybridized carbons (Fsp3) is 1.00. The maximum Gasteiger partial charge on any atom is 0.279 e. The van der Waals surface area contributed by atoms with Crippen molar-refractivity contribution in [2.24, 2.45) is 5.92 Å². The van der Waals surface area contributed by atoms with Gasteiger partial charge in [0, 0.05) is 26.2 Å². The predicted octanol–water partition coefficient (Wildman–Crippen LogP) is 0.588. The molecule has 5 nitrogen and oxygen atoms in total. The number of piperidine rings is 1. The zero-order valence-electron chi connectivity index (χ0n) is 10.3. The van der Waals surface area contributed by atoms with E-state index in [2.05, 4.69) is 11.6 Å².